The fraction of sp³-hybridized carbons (Fsp3) is 0.333. The highest BCUT2D eigenvalue weighted by Crippen LogP contribution is 2.06. The molecule has 0 saturated carbocycles. The van der Waals surface area contributed by atoms with E-state index in [-0.39, 0.29) is 0 Å². The van der Waals surface area contributed by atoms with Crippen LogP contribution in [0.25, 0.3) is 0 Å². The summed E-state index contributed by atoms with van der Waals surface area (Å²) in [6.07, 6.45) is 3.25. The molecule has 1 heterocycles. The van der Waals surface area contributed by atoms with E-state index in [1.54, 1.807) is 45.3 Å². The molecule has 0 aliphatic carbocycles. The summed E-state index contributed by atoms with van der Waals surface area (Å²) >= 11 is 0. The molecule has 0 radical (unpaired) electrons. The lowest BCUT2D eigenvalue weighted by molar-refractivity contribution is -0.147. The average molecular weight is 203 g/mol. The number of ether oxygens (including phenoxy) is 1. The molecule has 0 aliphatic rings. The molecule has 0 bridgehead atoms. The summed E-state index contributed by atoms with van der Waals surface area (Å²) in [5, 5.41) is 0. The van der Waals surface area contributed by atoms with Gasteiger partial charge in [0.15, 0.2) is 0 Å². The van der Waals surface area contributed by atoms with Crippen LogP contribution in [-0.2, 0) is 9.53 Å². The van der Waals surface area contributed by atoms with E-state index >= 15 is 0 Å². The van der Waals surface area contributed by atoms with Gasteiger partial charge in [-0.15, -0.1) is 0 Å². The second-order valence-electron chi connectivity index (χ2n) is 3.99. The normalized spacial score (nSPS) is 10.1. The highest BCUT2D eigenvalue weighted by Gasteiger charge is 2.13. The van der Waals surface area contributed by atoms with Gasteiger partial charge >= 0.3 is 5.97 Å². The largest absolute Gasteiger partial charge is 0.450 e. The molecule has 1 rings (SSSR count). The number of esters is 1. The Morgan fingerprint density at radius 2 is 2.20 bits per heavy atom. The molecule has 0 amide bonds. The molecule has 0 fully saturated rings. The first-order valence-corrected chi connectivity index (χ1v) is 4.62. The monoisotopic (exact) mass is 203 g/mol. The summed E-state index contributed by atoms with van der Waals surface area (Å²) in [7, 11) is 0. The second-order valence-corrected chi connectivity index (χ2v) is 3.99. The summed E-state index contributed by atoms with van der Waals surface area (Å²) in [6.45, 7) is 5.41. The van der Waals surface area contributed by atoms with E-state index in [2.05, 4.69) is 16.8 Å². The van der Waals surface area contributed by atoms with Gasteiger partial charge in [-0.1, -0.05) is 5.92 Å². The van der Waals surface area contributed by atoms with E-state index in [1.807, 2.05) is 0 Å². The number of hydrogen-bond donors (Lipinski definition) is 0. The van der Waals surface area contributed by atoms with E-state index in [0.717, 1.165) is 0 Å². The topological polar surface area (TPSA) is 39.2 Å². The smallest absolute Gasteiger partial charge is 0.385 e. The van der Waals surface area contributed by atoms with Crippen LogP contribution in [-0.4, -0.2) is 16.6 Å². The Labute approximate surface area is 89.5 Å². The van der Waals surface area contributed by atoms with Gasteiger partial charge in [-0.3, -0.25) is 4.98 Å². The summed E-state index contributed by atoms with van der Waals surface area (Å²) in [6, 6.07) is 3.55. The Bertz CT molecular complexity index is 393. The molecule has 0 saturated heterocycles. The molecule has 0 atom stereocenters. The molecule has 78 valence electrons. The molecular formula is C12H13NO2. The SMILES string of the molecule is CC(C)(C)OC(=O)C#Cc1cccnc1. The van der Waals surface area contributed by atoms with Gasteiger partial charge in [0.25, 0.3) is 0 Å². The van der Waals surface area contributed by atoms with Gasteiger partial charge in [-0.05, 0) is 32.9 Å². The minimum Gasteiger partial charge on any atom is -0.450 e. The van der Waals surface area contributed by atoms with Gasteiger partial charge in [0.1, 0.15) is 5.60 Å². The van der Waals surface area contributed by atoms with E-state index < -0.39 is 11.6 Å². The summed E-state index contributed by atoms with van der Waals surface area (Å²) in [4.78, 5) is 15.1. The standard InChI is InChI=1S/C12H13NO2/c1-12(2,3)15-11(14)7-6-10-5-4-8-13-9-10/h4-5,8-9H,1-3H3. The minimum atomic E-state index is -0.522. The van der Waals surface area contributed by atoms with Crippen LogP contribution >= 0.6 is 0 Å². The van der Waals surface area contributed by atoms with Gasteiger partial charge in [-0.2, -0.15) is 0 Å². The Kier molecular flexibility index (Phi) is 3.46. The molecule has 0 spiro atoms. The van der Waals surface area contributed by atoms with Crippen LogP contribution in [0.4, 0.5) is 0 Å². The fourth-order valence-corrected chi connectivity index (χ4v) is 0.864. The van der Waals surface area contributed by atoms with Crippen molar-refractivity contribution in [2.75, 3.05) is 0 Å². The summed E-state index contributed by atoms with van der Waals surface area (Å²) in [5.74, 6) is 4.56. The van der Waals surface area contributed by atoms with Crippen molar-refractivity contribution in [3.63, 3.8) is 0 Å². The van der Waals surface area contributed by atoms with Crippen molar-refractivity contribution in [1.29, 1.82) is 0 Å². The molecule has 1 aromatic rings. The predicted molar refractivity (Wildman–Crippen MR) is 57.0 cm³/mol. The van der Waals surface area contributed by atoms with Gasteiger partial charge < -0.3 is 4.74 Å². The lowest BCUT2D eigenvalue weighted by atomic mass is 10.2. The molecule has 0 aromatic carbocycles. The zero-order valence-corrected chi connectivity index (χ0v) is 9.07. The molecule has 15 heavy (non-hydrogen) atoms. The van der Waals surface area contributed by atoms with Gasteiger partial charge in [0.2, 0.25) is 0 Å². The zero-order chi connectivity index (χ0) is 11.3. The predicted octanol–water partition coefficient (Wildman–Crippen LogP) is 1.77. The minimum absolute atomic E-state index is 0.499. The Hall–Kier alpha value is -1.82. The van der Waals surface area contributed by atoms with Crippen LogP contribution in [0, 0.1) is 11.8 Å². The zero-order valence-electron chi connectivity index (χ0n) is 9.07. The summed E-state index contributed by atoms with van der Waals surface area (Å²) in [5.41, 5.74) is 0.198. The first-order valence-electron chi connectivity index (χ1n) is 4.62. The molecule has 0 aliphatic heterocycles. The number of hydrogen-bond acceptors (Lipinski definition) is 3. The van der Waals surface area contributed by atoms with E-state index in [1.165, 1.54) is 0 Å². The third-order valence-electron chi connectivity index (χ3n) is 1.37. The van der Waals surface area contributed by atoms with Crippen molar-refractivity contribution in [2.24, 2.45) is 0 Å². The van der Waals surface area contributed by atoms with Gasteiger partial charge in [-0.25, -0.2) is 4.79 Å². The Balaban J connectivity index is 2.64. The number of pyridine rings is 1. The fourth-order valence-electron chi connectivity index (χ4n) is 0.864. The molecule has 0 N–H and O–H groups in total. The number of rotatable bonds is 0. The van der Waals surface area contributed by atoms with Crippen molar-refractivity contribution < 1.29 is 9.53 Å². The van der Waals surface area contributed by atoms with Crippen molar-refractivity contribution in [1.82, 2.24) is 4.98 Å². The van der Waals surface area contributed by atoms with E-state index in [9.17, 15) is 4.79 Å². The van der Waals surface area contributed by atoms with Crippen LogP contribution in [0.3, 0.4) is 0 Å². The highest BCUT2D eigenvalue weighted by molar-refractivity contribution is 5.89. The van der Waals surface area contributed by atoms with Gasteiger partial charge in [0.05, 0.1) is 0 Å². The van der Waals surface area contributed by atoms with Crippen LogP contribution in [0.1, 0.15) is 26.3 Å². The highest BCUT2D eigenvalue weighted by atomic mass is 16.6. The van der Waals surface area contributed by atoms with Crippen molar-refractivity contribution >= 4 is 5.97 Å². The van der Waals surface area contributed by atoms with Crippen LogP contribution in [0.15, 0.2) is 24.5 Å². The Morgan fingerprint density at radius 3 is 2.73 bits per heavy atom. The maximum Gasteiger partial charge on any atom is 0.385 e. The quantitative estimate of drug-likeness (QED) is 0.476. The molecule has 3 heteroatoms. The van der Waals surface area contributed by atoms with E-state index in [0.29, 0.717) is 5.56 Å². The Morgan fingerprint density at radius 1 is 1.47 bits per heavy atom. The van der Waals surface area contributed by atoms with Crippen molar-refractivity contribution in [3.05, 3.63) is 30.1 Å². The lowest BCUT2D eigenvalue weighted by Gasteiger charge is -2.16. The molecule has 1 aromatic heterocycles. The maximum atomic E-state index is 11.2. The number of carbonyl (C=O) groups is 1. The lowest BCUT2D eigenvalue weighted by Crippen LogP contribution is -2.22. The second kappa shape index (κ2) is 4.61. The summed E-state index contributed by atoms with van der Waals surface area (Å²) < 4.78 is 5.03. The average Bonchev–Trinajstić information content (AvgIpc) is 2.14. The van der Waals surface area contributed by atoms with Crippen molar-refractivity contribution in [2.45, 2.75) is 26.4 Å². The van der Waals surface area contributed by atoms with Crippen LogP contribution in [0.5, 0.6) is 0 Å². The number of aromatic nitrogens is 1. The maximum absolute atomic E-state index is 11.2. The molecule has 0 unspecified atom stereocenters. The third kappa shape index (κ3) is 4.82. The molecule has 3 nitrogen and oxygen atoms in total. The van der Waals surface area contributed by atoms with Crippen LogP contribution in [0.2, 0.25) is 0 Å². The first-order chi connectivity index (χ1) is 6.97. The number of carbonyl (C=O) groups excluding carboxylic acids is 1. The van der Waals surface area contributed by atoms with Crippen molar-refractivity contribution in [3.8, 4) is 11.8 Å². The van der Waals surface area contributed by atoms with E-state index in [4.69, 9.17) is 4.74 Å². The van der Waals surface area contributed by atoms with Crippen LogP contribution < -0.4 is 0 Å². The third-order valence-corrected chi connectivity index (χ3v) is 1.37. The number of nitrogens with zero attached hydrogens (tertiary/aromatic N) is 1. The molecular weight excluding hydrogens is 190 g/mol. The van der Waals surface area contributed by atoms with Gasteiger partial charge in [0, 0.05) is 23.9 Å². The first kappa shape index (κ1) is 11.3.